The van der Waals surface area contributed by atoms with Crippen molar-refractivity contribution in [2.24, 2.45) is 11.1 Å². The summed E-state index contributed by atoms with van der Waals surface area (Å²) in [6.07, 6.45) is 6.14. The fraction of sp³-hybridized carbons (Fsp3) is 0.875. The summed E-state index contributed by atoms with van der Waals surface area (Å²) in [6, 6.07) is 0. The third-order valence-electron chi connectivity index (χ3n) is 4.92. The second-order valence-electron chi connectivity index (χ2n) is 7.04. The molecule has 2 N–H and O–H groups in total. The van der Waals surface area contributed by atoms with Crippen molar-refractivity contribution in [1.82, 2.24) is 10.1 Å². The van der Waals surface area contributed by atoms with Gasteiger partial charge in [0.15, 0.2) is 0 Å². The van der Waals surface area contributed by atoms with Crippen molar-refractivity contribution >= 4 is 0 Å². The quantitative estimate of drug-likeness (QED) is 0.871. The minimum atomic E-state index is -0.386. The number of rotatable bonds is 6. The normalized spacial score (nSPS) is 22.1. The van der Waals surface area contributed by atoms with Crippen molar-refractivity contribution < 1.29 is 9.26 Å². The Morgan fingerprint density at radius 2 is 1.95 bits per heavy atom. The maximum atomic E-state index is 5.83. The van der Waals surface area contributed by atoms with Gasteiger partial charge in [-0.3, -0.25) is 0 Å². The van der Waals surface area contributed by atoms with Gasteiger partial charge in [0, 0.05) is 13.7 Å². The summed E-state index contributed by atoms with van der Waals surface area (Å²) < 4.78 is 11.3. The van der Waals surface area contributed by atoms with Gasteiger partial charge in [-0.2, -0.15) is 4.98 Å². The lowest BCUT2D eigenvalue weighted by atomic mass is 9.70. The van der Waals surface area contributed by atoms with E-state index in [0.29, 0.717) is 23.7 Å². The van der Waals surface area contributed by atoms with Gasteiger partial charge in [-0.1, -0.05) is 32.3 Å². The molecular formula is C16H29N3O2. The van der Waals surface area contributed by atoms with E-state index >= 15 is 0 Å². The maximum absolute atomic E-state index is 5.83. The second-order valence-corrected chi connectivity index (χ2v) is 7.04. The number of ether oxygens (including phenoxy) is 1. The van der Waals surface area contributed by atoms with E-state index in [4.69, 9.17) is 15.0 Å². The zero-order valence-electron chi connectivity index (χ0n) is 13.8. The number of methoxy groups -OCH3 is 1. The molecule has 1 aliphatic rings. The molecule has 2 rings (SSSR count). The van der Waals surface area contributed by atoms with E-state index in [2.05, 4.69) is 30.9 Å². The molecule has 0 aliphatic heterocycles. The summed E-state index contributed by atoms with van der Waals surface area (Å²) >= 11 is 0. The topological polar surface area (TPSA) is 74.2 Å². The van der Waals surface area contributed by atoms with Crippen LogP contribution in [0.2, 0.25) is 0 Å². The van der Waals surface area contributed by atoms with Gasteiger partial charge in [0.2, 0.25) is 11.7 Å². The largest absolute Gasteiger partial charge is 0.370 e. The molecule has 5 nitrogen and oxygen atoms in total. The number of hydrogen-bond donors (Lipinski definition) is 1. The first-order valence-electron chi connectivity index (χ1n) is 8.05. The third kappa shape index (κ3) is 3.46. The van der Waals surface area contributed by atoms with Gasteiger partial charge in [-0.05, 0) is 37.5 Å². The van der Waals surface area contributed by atoms with E-state index in [1.165, 1.54) is 0 Å². The molecule has 0 amide bonds. The molecule has 1 unspecified atom stereocenters. The van der Waals surface area contributed by atoms with E-state index < -0.39 is 0 Å². The summed E-state index contributed by atoms with van der Waals surface area (Å²) in [5, 5.41) is 4.22. The Kier molecular flexibility index (Phi) is 5.04. The van der Waals surface area contributed by atoms with Crippen molar-refractivity contribution in [2.45, 2.75) is 70.8 Å². The first-order chi connectivity index (χ1) is 9.96. The SMILES string of the molecule is CCCC(CN)c1nc(C2(OC)CCC(C)(C)CC2)no1. The number of nitrogens with zero attached hydrogens (tertiary/aromatic N) is 2. The van der Waals surface area contributed by atoms with Crippen LogP contribution in [-0.4, -0.2) is 23.8 Å². The van der Waals surface area contributed by atoms with Crippen LogP contribution in [0.3, 0.4) is 0 Å². The van der Waals surface area contributed by atoms with Crippen LogP contribution in [0.15, 0.2) is 4.52 Å². The average Bonchev–Trinajstić information content (AvgIpc) is 2.95. The van der Waals surface area contributed by atoms with Gasteiger partial charge in [-0.15, -0.1) is 0 Å². The van der Waals surface area contributed by atoms with Crippen LogP contribution in [0.4, 0.5) is 0 Å². The molecule has 0 spiro atoms. The third-order valence-corrected chi connectivity index (χ3v) is 4.92. The monoisotopic (exact) mass is 295 g/mol. The highest BCUT2D eigenvalue weighted by Gasteiger charge is 2.43. The Hall–Kier alpha value is -0.940. The first-order valence-corrected chi connectivity index (χ1v) is 8.05. The van der Waals surface area contributed by atoms with E-state index in [0.717, 1.165) is 38.5 Å². The van der Waals surface area contributed by atoms with Gasteiger partial charge >= 0.3 is 0 Å². The van der Waals surface area contributed by atoms with Crippen LogP contribution >= 0.6 is 0 Å². The van der Waals surface area contributed by atoms with Gasteiger partial charge < -0.3 is 15.0 Å². The predicted molar refractivity (Wildman–Crippen MR) is 81.9 cm³/mol. The Bertz CT molecular complexity index is 446. The van der Waals surface area contributed by atoms with Crippen molar-refractivity contribution in [3.05, 3.63) is 11.7 Å². The Labute approximate surface area is 127 Å². The predicted octanol–water partition coefficient (Wildman–Crippen LogP) is 3.35. The lowest BCUT2D eigenvalue weighted by molar-refractivity contribution is -0.0740. The lowest BCUT2D eigenvalue weighted by Gasteiger charge is -2.40. The molecule has 120 valence electrons. The fourth-order valence-corrected chi connectivity index (χ4v) is 3.13. The summed E-state index contributed by atoms with van der Waals surface area (Å²) in [5.74, 6) is 1.52. The zero-order chi connectivity index (χ0) is 15.5. The molecule has 0 bridgehead atoms. The zero-order valence-corrected chi connectivity index (χ0v) is 13.8. The molecule has 1 heterocycles. The van der Waals surface area contributed by atoms with Crippen LogP contribution in [0.25, 0.3) is 0 Å². The Morgan fingerprint density at radius 3 is 2.48 bits per heavy atom. The molecule has 5 heteroatoms. The molecule has 0 aromatic carbocycles. The molecule has 1 saturated carbocycles. The highest BCUT2D eigenvalue weighted by Crippen LogP contribution is 2.46. The molecule has 1 atom stereocenters. The lowest BCUT2D eigenvalue weighted by Crippen LogP contribution is -2.37. The van der Waals surface area contributed by atoms with Gasteiger partial charge in [0.1, 0.15) is 5.60 Å². The molecule has 21 heavy (non-hydrogen) atoms. The minimum absolute atomic E-state index is 0.158. The van der Waals surface area contributed by atoms with E-state index in [1.54, 1.807) is 7.11 Å². The van der Waals surface area contributed by atoms with Crippen molar-refractivity contribution in [3.8, 4) is 0 Å². The molecule has 0 radical (unpaired) electrons. The Balaban J connectivity index is 2.18. The minimum Gasteiger partial charge on any atom is -0.370 e. The van der Waals surface area contributed by atoms with E-state index in [9.17, 15) is 0 Å². The highest BCUT2D eigenvalue weighted by molar-refractivity contribution is 5.07. The van der Waals surface area contributed by atoms with Crippen LogP contribution in [0, 0.1) is 5.41 Å². The molecular weight excluding hydrogens is 266 g/mol. The van der Waals surface area contributed by atoms with Crippen LogP contribution in [0.1, 0.15) is 76.9 Å². The molecule has 1 fully saturated rings. The Morgan fingerprint density at radius 1 is 1.29 bits per heavy atom. The first kappa shape index (κ1) is 16.4. The molecule has 0 saturated heterocycles. The smallest absolute Gasteiger partial charge is 0.231 e. The number of nitrogens with two attached hydrogens (primary N) is 1. The van der Waals surface area contributed by atoms with Gasteiger partial charge in [-0.25, -0.2) is 0 Å². The second kappa shape index (κ2) is 6.44. The fourth-order valence-electron chi connectivity index (χ4n) is 3.13. The number of hydrogen-bond acceptors (Lipinski definition) is 5. The van der Waals surface area contributed by atoms with Crippen molar-refractivity contribution in [1.29, 1.82) is 0 Å². The summed E-state index contributed by atoms with van der Waals surface area (Å²) in [7, 11) is 1.75. The standard InChI is InChI=1S/C16H29N3O2/c1-5-6-12(11-17)13-18-14(19-21-13)16(20-4)9-7-15(2,3)8-10-16/h12H,5-11,17H2,1-4H3. The average molecular weight is 295 g/mol. The van der Waals surface area contributed by atoms with E-state index in [-0.39, 0.29) is 11.5 Å². The number of aromatic nitrogens is 2. The van der Waals surface area contributed by atoms with Gasteiger partial charge in [0.25, 0.3) is 0 Å². The van der Waals surface area contributed by atoms with Crippen molar-refractivity contribution in [3.63, 3.8) is 0 Å². The summed E-state index contributed by atoms with van der Waals surface area (Å²) in [5.41, 5.74) is 5.81. The summed E-state index contributed by atoms with van der Waals surface area (Å²) in [4.78, 5) is 4.63. The maximum Gasteiger partial charge on any atom is 0.231 e. The van der Waals surface area contributed by atoms with Crippen LogP contribution in [-0.2, 0) is 10.3 Å². The van der Waals surface area contributed by atoms with Gasteiger partial charge in [0.05, 0.1) is 5.92 Å². The highest BCUT2D eigenvalue weighted by atomic mass is 16.5. The molecule has 1 aromatic heterocycles. The summed E-state index contributed by atoms with van der Waals surface area (Å²) in [6.45, 7) is 7.29. The van der Waals surface area contributed by atoms with Crippen LogP contribution in [0.5, 0.6) is 0 Å². The molecule has 1 aromatic rings. The van der Waals surface area contributed by atoms with Crippen LogP contribution < -0.4 is 5.73 Å². The molecule has 1 aliphatic carbocycles. The van der Waals surface area contributed by atoms with E-state index in [1.807, 2.05) is 0 Å². The van der Waals surface area contributed by atoms with Crippen molar-refractivity contribution in [2.75, 3.05) is 13.7 Å².